The third-order valence-corrected chi connectivity index (χ3v) is 2.26. The van der Waals surface area contributed by atoms with Crippen LogP contribution in [0.25, 0.3) is 0 Å². The summed E-state index contributed by atoms with van der Waals surface area (Å²) in [5, 5.41) is 8.83. The van der Waals surface area contributed by atoms with Crippen LogP contribution in [-0.4, -0.2) is 41.2 Å². The minimum absolute atomic E-state index is 0.346. The fraction of sp³-hybridized carbons (Fsp3) is 0.500. The van der Waals surface area contributed by atoms with Gasteiger partial charge in [0, 0.05) is 25.7 Å². The minimum atomic E-state index is -0.872. The lowest BCUT2D eigenvalue weighted by Crippen LogP contribution is -2.17. The van der Waals surface area contributed by atoms with Gasteiger partial charge in [0.05, 0.1) is 0 Å². The molecule has 0 amide bonds. The van der Waals surface area contributed by atoms with E-state index in [1.807, 2.05) is 20.2 Å². The third kappa shape index (κ3) is 2.35. The number of aromatic carboxylic acids is 1. The summed E-state index contributed by atoms with van der Waals surface area (Å²) in [4.78, 5) is 12.8. The molecule has 14 heavy (non-hydrogen) atoms. The lowest BCUT2D eigenvalue weighted by Gasteiger charge is -2.10. The Bertz CT molecular complexity index is 329. The highest BCUT2D eigenvalue weighted by molar-refractivity contribution is 5.86. The van der Waals surface area contributed by atoms with Crippen LogP contribution in [0.2, 0.25) is 0 Å². The van der Waals surface area contributed by atoms with Gasteiger partial charge in [0.1, 0.15) is 5.69 Å². The average Bonchev–Trinajstić information content (AvgIpc) is 2.43. The summed E-state index contributed by atoms with van der Waals surface area (Å²) >= 11 is 0. The Hall–Kier alpha value is -1.29. The summed E-state index contributed by atoms with van der Waals surface area (Å²) < 4.78 is 1.73. The van der Waals surface area contributed by atoms with Gasteiger partial charge in [-0.25, -0.2) is 4.79 Å². The molecule has 4 heteroatoms. The molecular formula is C10H16N2O2. The Balaban J connectivity index is 2.74. The highest BCUT2D eigenvalue weighted by atomic mass is 16.4. The van der Waals surface area contributed by atoms with Crippen molar-refractivity contribution in [3.8, 4) is 0 Å². The fourth-order valence-corrected chi connectivity index (χ4v) is 1.36. The van der Waals surface area contributed by atoms with Crippen molar-refractivity contribution in [3.63, 3.8) is 0 Å². The maximum absolute atomic E-state index is 10.7. The standard InChI is InChI=1S/C10H16N2O2/c1-11(2)7-6-8-4-5-9(10(13)14)12(8)3/h4-5H,6-7H2,1-3H3,(H,13,14). The van der Waals surface area contributed by atoms with E-state index in [9.17, 15) is 4.79 Å². The lowest BCUT2D eigenvalue weighted by atomic mass is 10.3. The molecule has 1 aromatic heterocycles. The monoisotopic (exact) mass is 196 g/mol. The van der Waals surface area contributed by atoms with Crippen molar-refractivity contribution in [1.29, 1.82) is 0 Å². The summed E-state index contributed by atoms with van der Waals surface area (Å²) in [5.74, 6) is -0.872. The second kappa shape index (κ2) is 4.28. The van der Waals surface area contributed by atoms with Crippen molar-refractivity contribution in [2.24, 2.45) is 7.05 Å². The first-order chi connectivity index (χ1) is 6.52. The van der Waals surface area contributed by atoms with Crippen LogP contribution >= 0.6 is 0 Å². The van der Waals surface area contributed by atoms with Gasteiger partial charge in [-0.05, 0) is 26.2 Å². The quantitative estimate of drug-likeness (QED) is 0.775. The number of carbonyl (C=O) groups is 1. The van der Waals surface area contributed by atoms with Crippen LogP contribution in [0.5, 0.6) is 0 Å². The van der Waals surface area contributed by atoms with Gasteiger partial charge in [-0.3, -0.25) is 0 Å². The highest BCUT2D eigenvalue weighted by Gasteiger charge is 2.10. The summed E-state index contributed by atoms with van der Waals surface area (Å²) in [6.07, 6.45) is 0.872. The Labute approximate surface area is 83.8 Å². The summed E-state index contributed by atoms with van der Waals surface area (Å²) in [7, 11) is 5.79. The molecule has 1 aromatic rings. The van der Waals surface area contributed by atoms with Gasteiger partial charge in [0.2, 0.25) is 0 Å². The van der Waals surface area contributed by atoms with Crippen molar-refractivity contribution < 1.29 is 9.90 Å². The van der Waals surface area contributed by atoms with E-state index in [2.05, 4.69) is 4.90 Å². The van der Waals surface area contributed by atoms with E-state index >= 15 is 0 Å². The molecule has 0 bridgehead atoms. The van der Waals surface area contributed by atoms with Crippen LogP contribution in [0.3, 0.4) is 0 Å². The highest BCUT2D eigenvalue weighted by Crippen LogP contribution is 2.08. The molecule has 0 saturated heterocycles. The number of hydrogen-bond acceptors (Lipinski definition) is 2. The van der Waals surface area contributed by atoms with Crippen molar-refractivity contribution in [1.82, 2.24) is 9.47 Å². The van der Waals surface area contributed by atoms with Crippen LogP contribution in [0, 0.1) is 0 Å². The van der Waals surface area contributed by atoms with Gasteiger partial charge < -0.3 is 14.6 Å². The van der Waals surface area contributed by atoms with E-state index in [0.717, 1.165) is 18.7 Å². The summed E-state index contributed by atoms with van der Waals surface area (Å²) in [6, 6.07) is 3.51. The van der Waals surface area contributed by atoms with Crippen molar-refractivity contribution in [2.45, 2.75) is 6.42 Å². The number of hydrogen-bond donors (Lipinski definition) is 1. The van der Waals surface area contributed by atoms with E-state index in [1.165, 1.54) is 0 Å². The van der Waals surface area contributed by atoms with E-state index in [4.69, 9.17) is 5.11 Å². The Kier molecular flexibility index (Phi) is 3.30. The number of aromatic nitrogens is 1. The Morgan fingerprint density at radius 2 is 2.14 bits per heavy atom. The van der Waals surface area contributed by atoms with Crippen LogP contribution in [0.15, 0.2) is 12.1 Å². The molecule has 78 valence electrons. The molecule has 0 unspecified atom stereocenters. The molecule has 4 nitrogen and oxygen atoms in total. The van der Waals surface area contributed by atoms with Gasteiger partial charge in [-0.1, -0.05) is 0 Å². The number of likely N-dealkylation sites (N-methyl/N-ethyl adjacent to an activating group) is 1. The zero-order valence-electron chi connectivity index (χ0n) is 8.82. The molecule has 0 aromatic carbocycles. The molecule has 0 atom stereocenters. The molecule has 1 N–H and O–H groups in total. The van der Waals surface area contributed by atoms with Crippen molar-refractivity contribution in [3.05, 3.63) is 23.5 Å². The normalized spacial score (nSPS) is 10.9. The first-order valence-corrected chi connectivity index (χ1v) is 4.55. The number of rotatable bonds is 4. The predicted molar refractivity (Wildman–Crippen MR) is 54.6 cm³/mol. The zero-order valence-corrected chi connectivity index (χ0v) is 8.82. The SMILES string of the molecule is CN(C)CCc1ccc(C(=O)O)n1C. The van der Waals surface area contributed by atoms with E-state index in [1.54, 1.807) is 17.7 Å². The molecule has 0 fully saturated rings. The first-order valence-electron chi connectivity index (χ1n) is 4.55. The second-order valence-corrected chi connectivity index (χ2v) is 3.63. The number of carboxylic acids is 1. The topological polar surface area (TPSA) is 45.5 Å². The van der Waals surface area contributed by atoms with E-state index in [-0.39, 0.29) is 0 Å². The molecule has 0 aliphatic carbocycles. The number of nitrogens with zero attached hydrogens (tertiary/aromatic N) is 2. The molecule has 0 spiro atoms. The molecule has 1 heterocycles. The minimum Gasteiger partial charge on any atom is -0.477 e. The van der Waals surface area contributed by atoms with Gasteiger partial charge in [0.15, 0.2) is 0 Å². The second-order valence-electron chi connectivity index (χ2n) is 3.63. The zero-order chi connectivity index (χ0) is 10.7. The predicted octanol–water partition coefficient (Wildman–Crippen LogP) is 0.827. The molecule has 0 aliphatic heterocycles. The van der Waals surface area contributed by atoms with Crippen LogP contribution in [-0.2, 0) is 13.5 Å². The van der Waals surface area contributed by atoms with E-state index < -0.39 is 5.97 Å². The van der Waals surface area contributed by atoms with Crippen molar-refractivity contribution in [2.75, 3.05) is 20.6 Å². The van der Waals surface area contributed by atoms with Crippen molar-refractivity contribution >= 4 is 5.97 Å². The van der Waals surface area contributed by atoms with Gasteiger partial charge in [-0.15, -0.1) is 0 Å². The molecule has 0 aliphatic rings. The Morgan fingerprint density at radius 3 is 2.57 bits per heavy atom. The third-order valence-electron chi connectivity index (χ3n) is 2.26. The maximum atomic E-state index is 10.7. The molecule has 1 rings (SSSR count). The Morgan fingerprint density at radius 1 is 1.50 bits per heavy atom. The van der Waals surface area contributed by atoms with Gasteiger partial charge >= 0.3 is 5.97 Å². The van der Waals surface area contributed by atoms with Crippen LogP contribution in [0.1, 0.15) is 16.2 Å². The van der Waals surface area contributed by atoms with E-state index in [0.29, 0.717) is 5.69 Å². The van der Waals surface area contributed by atoms with Gasteiger partial charge in [0.25, 0.3) is 0 Å². The molecule has 0 saturated carbocycles. The fourth-order valence-electron chi connectivity index (χ4n) is 1.36. The molecular weight excluding hydrogens is 180 g/mol. The summed E-state index contributed by atoms with van der Waals surface area (Å²) in [5.41, 5.74) is 1.40. The van der Waals surface area contributed by atoms with Crippen LogP contribution < -0.4 is 0 Å². The smallest absolute Gasteiger partial charge is 0.352 e. The molecule has 0 radical (unpaired) electrons. The first kappa shape index (κ1) is 10.8. The average molecular weight is 196 g/mol. The maximum Gasteiger partial charge on any atom is 0.352 e. The largest absolute Gasteiger partial charge is 0.477 e. The number of carboxylic acid groups (broad SMARTS) is 1. The lowest BCUT2D eigenvalue weighted by molar-refractivity contribution is 0.0686. The van der Waals surface area contributed by atoms with Gasteiger partial charge in [-0.2, -0.15) is 0 Å². The summed E-state index contributed by atoms with van der Waals surface area (Å²) in [6.45, 7) is 0.927. The van der Waals surface area contributed by atoms with Crippen LogP contribution in [0.4, 0.5) is 0 Å².